The van der Waals surface area contributed by atoms with Crippen molar-refractivity contribution in [3.05, 3.63) is 108 Å². The first-order chi connectivity index (χ1) is 19.3. The molecule has 0 aromatic heterocycles. The summed E-state index contributed by atoms with van der Waals surface area (Å²) >= 11 is 0. The Morgan fingerprint density at radius 2 is 1.65 bits per heavy atom. The number of nitrogens with zero attached hydrogens (tertiary/aromatic N) is 3. The highest BCUT2D eigenvalue weighted by atomic mass is 16.2. The number of amides is 1. The molecule has 206 valence electrons. The predicted octanol–water partition coefficient (Wildman–Crippen LogP) is 6.24. The average molecular weight is 534 g/mol. The molecule has 0 aliphatic carbocycles. The maximum absolute atomic E-state index is 13.3. The number of likely N-dealkylation sites (N-methyl/N-ethyl adjacent to an activating group) is 2. The normalized spacial score (nSPS) is 16.7. The third kappa shape index (κ3) is 5.88. The summed E-state index contributed by atoms with van der Waals surface area (Å²) in [6.07, 6.45) is 0.862. The summed E-state index contributed by atoms with van der Waals surface area (Å²) in [5.74, 6) is -0.114. The summed E-state index contributed by atoms with van der Waals surface area (Å²) < 4.78 is 0. The van der Waals surface area contributed by atoms with Crippen molar-refractivity contribution in [2.75, 3.05) is 62.4 Å². The number of hydrogen-bond donors (Lipinski definition) is 2. The van der Waals surface area contributed by atoms with Gasteiger partial charge in [0.25, 0.3) is 5.91 Å². The summed E-state index contributed by atoms with van der Waals surface area (Å²) in [5.41, 5.74) is 9.22. The van der Waals surface area contributed by atoms with Crippen LogP contribution in [0.4, 0.5) is 17.1 Å². The Balaban J connectivity index is 1.40. The Labute approximate surface area is 238 Å². The lowest BCUT2D eigenvalue weighted by Gasteiger charge is -2.34. The van der Waals surface area contributed by atoms with Crippen LogP contribution in [0.2, 0.25) is 0 Å². The van der Waals surface area contributed by atoms with E-state index in [1.54, 1.807) is 0 Å². The van der Waals surface area contributed by atoms with Gasteiger partial charge in [0.2, 0.25) is 0 Å². The van der Waals surface area contributed by atoms with Gasteiger partial charge in [-0.05, 0) is 60.5 Å². The molecule has 0 unspecified atom stereocenters. The number of carbonyl (C=O) groups is 1. The average Bonchev–Trinajstić information content (AvgIpc) is 3.31. The topological polar surface area (TPSA) is 50.9 Å². The Morgan fingerprint density at radius 1 is 0.950 bits per heavy atom. The first-order valence-corrected chi connectivity index (χ1v) is 14.0. The molecule has 2 aliphatic heterocycles. The van der Waals surface area contributed by atoms with Gasteiger partial charge in [0.15, 0.2) is 0 Å². The van der Waals surface area contributed by atoms with Crippen LogP contribution in [0.1, 0.15) is 30.0 Å². The summed E-state index contributed by atoms with van der Waals surface area (Å²) in [6.45, 7) is 15.8. The third-order valence-electron chi connectivity index (χ3n) is 7.91. The predicted molar refractivity (Wildman–Crippen MR) is 169 cm³/mol. The second-order valence-electron chi connectivity index (χ2n) is 10.7. The maximum Gasteiger partial charge on any atom is 0.258 e. The number of nitrogens with one attached hydrogen (secondary N) is 2. The maximum atomic E-state index is 13.3. The van der Waals surface area contributed by atoms with Crippen LogP contribution < -0.4 is 15.5 Å². The van der Waals surface area contributed by atoms with E-state index >= 15 is 0 Å². The Kier molecular flexibility index (Phi) is 8.19. The van der Waals surface area contributed by atoms with Crippen LogP contribution in [0.3, 0.4) is 0 Å². The second kappa shape index (κ2) is 11.9. The van der Waals surface area contributed by atoms with Crippen molar-refractivity contribution in [1.29, 1.82) is 0 Å². The highest BCUT2D eigenvalue weighted by molar-refractivity contribution is 6.37. The molecule has 0 atom stereocenters. The van der Waals surface area contributed by atoms with E-state index in [4.69, 9.17) is 0 Å². The fraction of sp³-hybridized carbons (Fsp3) is 0.265. The summed E-state index contributed by atoms with van der Waals surface area (Å²) in [5, 5.41) is 6.64. The Hall–Kier alpha value is -4.13. The number of carbonyl (C=O) groups excluding carboxylic acids is 1. The van der Waals surface area contributed by atoms with E-state index in [1.165, 1.54) is 0 Å². The standard InChI is InChI=1S/C34H39N5O/c1-6-24(2)27-12-17-30-31(22-27)36-34(40)32(30)33(26-10-8-7-9-11-26)35-28-13-15-29(16-14-28)38(5)25(3)23-39-20-18-37(4)19-21-39/h7-17,22,35H,2-3,6,18-21,23H2,1,4-5H3,(H,36,40)/b33-32-. The number of hydrogen-bond acceptors (Lipinski definition) is 5. The molecule has 40 heavy (non-hydrogen) atoms. The zero-order valence-electron chi connectivity index (χ0n) is 23.8. The molecule has 1 amide bonds. The van der Waals surface area contributed by atoms with Crippen molar-refractivity contribution >= 4 is 39.8 Å². The van der Waals surface area contributed by atoms with E-state index < -0.39 is 0 Å². The molecule has 3 aromatic carbocycles. The van der Waals surface area contributed by atoms with Crippen molar-refractivity contribution in [2.24, 2.45) is 0 Å². The van der Waals surface area contributed by atoms with E-state index in [1.807, 2.05) is 48.5 Å². The summed E-state index contributed by atoms with van der Waals surface area (Å²) in [7, 11) is 4.24. The van der Waals surface area contributed by atoms with Crippen LogP contribution in [0, 0.1) is 0 Å². The van der Waals surface area contributed by atoms with Gasteiger partial charge in [-0.15, -0.1) is 0 Å². The molecule has 2 heterocycles. The SMILES string of the molecule is C=C(CC)c1ccc2c(c1)NC(=O)/C2=C(\Nc1ccc(N(C)C(=C)CN2CCN(C)CC2)cc1)c1ccccc1. The van der Waals surface area contributed by atoms with Crippen molar-refractivity contribution in [2.45, 2.75) is 13.3 Å². The molecule has 3 aromatic rings. The van der Waals surface area contributed by atoms with E-state index in [2.05, 4.69) is 83.8 Å². The van der Waals surface area contributed by atoms with Crippen LogP contribution in [-0.4, -0.2) is 62.5 Å². The zero-order chi connectivity index (χ0) is 28.2. The number of fused-ring (bicyclic) bond motifs is 1. The van der Waals surface area contributed by atoms with Crippen molar-refractivity contribution in [3.8, 4) is 0 Å². The third-order valence-corrected chi connectivity index (χ3v) is 7.91. The second-order valence-corrected chi connectivity index (χ2v) is 10.7. The minimum atomic E-state index is -0.114. The number of allylic oxidation sites excluding steroid dienone is 1. The largest absolute Gasteiger partial charge is 0.354 e. The van der Waals surface area contributed by atoms with Gasteiger partial charge in [0, 0.05) is 68.1 Å². The lowest BCUT2D eigenvalue weighted by molar-refractivity contribution is -0.110. The van der Waals surface area contributed by atoms with Gasteiger partial charge in [0.05, 0.1) is 11.3 Å². The van der Waals surface area contributed by atoms with Crippen molar-refractivity contribution in [3.63, 3.8) is 0 Å². The molecule has 2 aliphatic rings. The number of benzene rings is 3. The first-order valence-electron chi connectivity index (χ1n) is 14.0. The fourth-order valence-corrected chi connectivity index (χ4v) is 5.19. The lowest BCUT2D eigenvalue weighted by atomic mass is 9.97. The fourth-order valence-electron chi connectivity index (χ4n) is 5.19. The minimum Gasteiger partial charge on any atom is -0.354 e. The molecule has 0 spiro atoms. The zero-order valence-corrected chi connectivity index (χ0v) is 23.8. The van der Waals surface area contributed by atoms with Crippen LogP contribution in [0.5, 0.6) is 0 Å². The molecular weight excluding hydrogens is 494 g/mol. The van der Waals surface area contributed by atoms with Gasteiger partial charge < -0.3 is 20.4 Å². The minimum absolute atomic E-state index is 0.114. The van der Waals surface area contributed by atoms with E-state index in [0.29, 0.717) is 5.57 Å². The molecule has 6 heteroatoms. The number of anilines is 3. The number of piperazine rings is 1. The molecule has 0 radical (unpaired) electrons. The van der Waals surface area contributed by atoms with Crippen molar-refractivity contribution < 1.29 is 4.79 Å². The highest BCUT2D eigenvalue weighted by Crippen LogP contribution is 2.39. The van der Waals surface area contributed by atoms with Crippen molar-refractivity contribution in [1.82, 2.24) is 9.80 Å². The Bertz CT molecular complexity index is 1430. The van der Waals surface area contributed by atoms with Gasteiger partial charge in [-0.3, -0.25) is 9.69 Å². The molecule has 1 saturated heterocycles. The highest BCUT2D eigenvalue weighted by Gasteiger charge is 2.29. The van der Waals surface area contributed by atoms with Crippen LogP contribution in [0.25, 0.3) is 16.8 Å². The van der Waals surface area contributed by atoms with E-state index in [0.717, 1.165) is 89.9 Å². The molecule has 2 N–H and O–H groups in total. The molecule has 5 rings (SSSR count). The molecular formula is C34H39N5O. The van der Waals surface area contributed by atoms with Gasteiger partial charge in [-0.25, -0.2) is 0 Å². The summed E-state index contributed by atoms with van der Waals surface area (Å²) in [6, 6.07) is 24.4. The lowest BCUT2D eigenvalue weighted by Crippen LogP contribution is -2.46. The smallest absolute Gasteiger partial charge is 0.258 e. The summed E-state index contributed by atoms with van der Waals surface area (Å²) in [4.78, 5) is 20.3. The number of rotatable bonds is 9. The molecule has 6 nitrogen and oxygen atoms in total. The van der Waals surface area contributed by atoms with Crippen LogP contribution >= 0.6 is 0 Å². The first kappa shape index (κ1) is 27.4. The molecule has 0 saturated carbocycles. The Morgan fingerprint density at radius 3 is 2.33 bits per heavy atom. The monoisotopic (exact) mass is 533 g/mol. The van der Waals surface area contributed by atoms with E-state index in [-0.39, 0.29) is 5.91 Å². The molecule has 1 fully saturated rings. The van der Waals surface area contributed by atoms with Crippen LogP contribution in [0.15, 0.2) is 91.7 Å². The van der Waals surface area contributed by atoms with E-state index in [9.17, 15) is 4.79 Å². The molecule has 0 bridgehead atoms. The van der Waals surface area contributed by atoms with Gasteiger partial charge >= 0.3 is 0 Å². The quantitative estimate of drug-likeness (QED) is 0.319. The van der Waals surface area contributed by atoms with Gasteiger partial charge in [0.1, 0.15) is 0 Å². The van der Waals surface area contributed by atoms with Gasteiger partial charge in [-0.2, -0.15) is 0 Å². The van der Waals surface area contributed by atoms with Crippen LogP contribution in [-0.2, 0) is 4.79 Å². The van der Waals surface area contributed by atoms with Gasteiger partial charge in [-0.1, -0.05) is 62.5 Å².